The zero-order chi connectivity index (χ0) is 24.8. The summed E-state index contributed by atoms with van der Waals surface area (Å²) in [6.07, 6.45) is 0.806. The molecule has 8 heteroatoms. The van der Waals surface area contributed by atoms with E-state index in [-0.39, 0.29) is 6.04 Å². The lowest BCUT2D eigenvalue weighted by molar-refractivity contribution is 0.185. The molecular formula is C27H30N2O5S. The highest BCUT2D eigenvalue weighted by Gasteiger charge is 2.31. The Morgan fingerprint density at radius 1 is 0.857 bits per heavy atom. The molecule has 0 radical (unpaired) electrons. The molecular weight excluding hydrogens is 464 g/mol. The van der Waals surface area contributed by atoms with Crippen LogP contribution in [0.25, 0.3) is 0 Å². The molecule has 0 spiro atoms. The van der Waals surface area contributed by atoms with Crippen molar-refractivity contribution in [2.45, 2.75) is 12.5 Å². The van der Waals surface area contributed by atoms with Crippen molar-refractivity contribution in [2.75, 3.05) is 46.9 Å². The van der Waals surface area contributed by atoms with Gasteiger partial charge in [-0.1, -0.05) is 18.2 Å². The number of methoxy groups -OCH3 is 4. The zero-order valence-corrected chi connectivity index (χ0v) is 21.2. The Labute approximate surface area is 211 Å². The highest BCUT2D eigenvalue weighted by atomic mass is 32.1. The Morgan fingerprint density at radius 2 is 1.57 bits per heavy atom. The number of benzene rings is 3. The fourth-order valence-corrected chi connectivity index (χ4v) is 4.59. The van der Waals surface area contributed by atoms with E-state index in [0.717, 1.165) is 30.0 Å². The van der Waals surface area contributed by atoms with Crippen molar-refractivity contribution in [1.29, 1.82) is 0 Å². The van der Waals surface area contributed by atoms with Gasteiger partial charge in [0, 0.05) is 18.3 Å². The van der Waals surface area contributed by atoms with E-state index < -0.39 is 0 Å². The lowest BCUT2D eigenvalue weighted by atomic mass is 9.92. The Morgan fingerprint density at radius 3 is 2.29 bits per heavy atom. The maximum absolute atomic E-state index is 6.28. The molecule has 0 aliphatic carbocycles. The SMILES string of the molecule is COc1cccc(NC(=S)N2CCc3cc(OC)c(OC)cc3[C@@H]2COc2ccccc2OC)c1. The quantitative estimate of drug-likeness (QED) is 0.434. The summed E-state index contributed by atoms with van der Waals surface area (Å²) < 4.78 is 28.2. The molecule has 0 unspecified atom stereocenters. The van der Waals surface area contributed by atoms with Crippen molar-refractivity contribution in [3.63, 3.8) is 0 Å². The van der Waals surface area contributed by atoms with Gasteiger partial charge in [-0.2, -0.15) is 0 Å². The van der Waals surface area contributed by atoms with Crippen LogP contribution >= 0.6 is 12.2 Å². The van der Waals surface area contributed by atoms with Gasteiger partial charge >= 0.3 is 0 Å². The fourth-order valence-electron chi connectivity index (χ4n) is 4.25. The summed E-state index contributed by atoms with van der Waals surface area (Å²) in [4.78, 5) is 2.15. The molecule has 1 heterocycles. The van der Waals surface area contributed by atoms with Crippen LogP contribution in [0.2, 0.25) is 0 Å². The van der Waals surface area contributed by atoms with Crippen molar-refractivity contribution >= 4 is 23.0 Å². The molecule has 0 saturated carbocycles. The Hall–Kier alpha value is -3.65. The van der Waals surface area contributed by atoms with E-state index in [9.17, 15) is 0 Å². The van der Waals surface area contributed by atoms with Gasteiger partial charge in [-0.15, -0.1) is 0 Å². The number of para-hydroxylation sites is 2. The summed E-state index contributed by atoms with van der Waals surface area (Å²) in [5, 5.41) is 3.96. The van der Waals surface area contributed by atoms with Gasteiger partial charge in [-0.25, -0.2) is 0 Å². The van der Waals surface area contributed by atoms with Crippen molar-refractivity contribution in [2.24, 2.45) is 0 Å². The predicted octanol–water partition coefficient (Wildman–Crippen LogP) is 5.10. The maximum Gasteiger partial charge on any atom is 0.174 e. The number of anilines is 1. The fraction of sp³-hybridized carbons (Fsp3) is 0.296. The number of nitrogens with one attached hydrogen (secondary N) is 1. The maximum atomic E-state index is 6.28. The van der Waals surface area contributed by atoms with Crippen molar-refractivity contribution < 1.29 is 23.7 Å². The number of ether oxygens (including phenoxy) is 5. The summed E-state index contributed by atoms with van der Waals surface area (Å²) in [6, 6.07) is 19.2. The molecule has 1 aliphatic rings. The standard InChI is InChI=1S/C27H30N2O5S/c1-30-20-9-7-8-19(15-20)28-27(35)29-13-12-18-14-25(32-3)26(33-4)16-21(18)22(29)17-34-24-11-6-5-10-23(24)31-2/h5-11,14-16,22H,12-13,17H2,1-4H3,(H,28,35)/t22-/m0/s1. The van der Waals surface area contributed by atoms with Crippen LogP contribution in [0.4, 0.5) is 5.69 Å². The first kappa shape index (κ1) is 24.5. The van der Waals surface area contributed by atoms with Gasteiger partial charge in [0.25, 0.3) is 0 Å². The molecule has 4 rings (SSSR count). The van der Waals surface area contributed by atoms with Gasteiger partial charge in [-0.05, 0) is 66.2 Å². The molecule has 1 N–H and O–H groups in total. The van der Waals surface area contributed by atoms with E-state index in [0.29, 0.717) is 34.7 Å². The molecule has 0 saturated heterocycles. The van der Waals surface area contributed by atoms with Gasteiger partial charge < -0.3 is 33.9 Å². The van der Waals surface area contributed by atoms with Crippen molar-refractivity contribution in [1.82, 2.24) is 4.90 Å². The summed E-state index contributed by atoms with van der Waals surface area (Å²) in [5.74, 6) is 3.49. The van der Waals surface area contributed by atoms with Crippen LogP contribution in [0.15, 0.2) is 60.7 Å². The normalized spacial score (nSPS) is 14.5. The molecule has 0 amide bonds. The minimum Gasteiger partial charge on any atom is -0.497 e. The number of hydrogen-bond donors (Lipinski definition) is 1. The lowest BCUT2D eigenvalue weighted by Crippen LogP contribution is -2.44. The second-order valence-corrected chi connectivity index (χ2v) is 8.38. The van der Waals surface area contributed by atoms with Gasteiger partial charge in [0.2, 0.25) is 0 Å². The number of nitrogens with zero attached hydrogens (tertiary/aromatic N) is 1. The number of thiocarbonyl (C=S) groups is 1. The first-order valence-electron chi connectivity index (χ1n) is 11.3. The molecule has 1 atom stereocenters. The van der Waals surface area contributed by atoms with Crippen molar-refractivity contribution in [3.05, 3.63) is 71.8 Å². The average Bonchev–Trinajstić information content (AvgIpc) is 2.90. The van der Waals surface area contributed by atoms with E-state index in [1.807, 2.05) is 60.7 Å². The van der Waals surface area contributed by atoms with Crippen molar-refractivity contribution in [3.8, 4) is 28.7 Å². The Balaban J connectivity index is 1.66. The first-order chi connectivity index (χ1) is 17.1. The third-order valence-corrected chi connectivity index (χ3v) is 6.39. The third-order valence-electron chi connectivity index (χ3n) is 6.05. The molecule has 35 heavy (non-hydrogen) atoms. The van der Waals surface area contributed by atoms with Crippen LogP contribution < -0.4 is 29.0 Å². The first-order valence-corrected chi connectivity index (χ1v) is 11.7. The minimum atomic E-state index is -0.158. The molecule has 0 bridgehead atoms. The third kappa shape index (κ3) is 5.38. The minimum absolute atomic E-state index is 0.158. The number of hydrogen-bond acceptors (Lipinski definition) is 6. The second kappa shape index (κ2) is 11.2. The molecule has 1 aliphatic heterocycles. The summed E-state index contributed by atoms with van der Waals surface area (Å²) in [5.41, 5.74) is 3.12. The zero-order valence-electron chi connectivity index (χ0n) is 20.4. The molecule has 3 aromatic rings. The predicted molar refractivity (Wildman–Crippen MR) is 140 cm³/mol. The summed E-state index contributed by atoms with van der Waals surface area (Å²) in [7, 11) is 6.57. The topological polar surface area (TPSA) is 61.4 Å². The molecule has 184 valence electrons. The number of fused-ring (bicyclic) bond motifs is 1. The average molecular weight is 495 g/mol. The van der Waals surface area contributed by atoms with E-state index in [1.165, 1.54) is 5.56 Å². The molecule has 7 nitrogen and oxygen atoms in total. The van der Waals surface area contributed by atoms with Crippen LogP contribution in [-0.4, -0.2) is 51.6 Å². The van der Waals surface area contributed by atoms with E-state index in [4.69, 9.17) is 35.9 Å². The van der Waals surface area contributed by atoms with Crippen LogP contribution in [0.3, 0.4) is 0 Å². The van der Waals surface area contributed by atoms with Gasteiger partial charge in [0.15, 0.2) is 28.1 Å². The largest absolute Gasteiger partial charge is 0.497 e. The van der Waals surface area contributed by atoms with E-state index in [2.05, 4.69) is 10.2 Å². The smallest absolute Gasteiger partial charge is 0.174 e. The monoisotopic (exact) mass is 494 g/mol. The van der Waals surface area contributed by atoms with Gasteiger partial charge in [0.1, 0.15) is 12.4 Å². The van der Waals surface area contributed by atoms with Gasteiger partial charge in [-0.3, -0.25) is 0 Å². The van der Waals surface area contributed by atoms with E-state index >= 15 is 0 Å². The number of rotatable bonds is 8. The van der Waals surface area contributed by atoms with E-state index in [1.54, 1.807) is 28.4 Å². The molecule has 0 fully saturated rings. The van der Waals surface area contributed by atoms with Crippen LogP contribution in [0.5, 0.6) is 28.7 Å². The van der Waals surface area contributed by atoms with Gasteiger partial charge in [0.05, 0.1) is 34.5 Å². The van der Waals surface area contributed by atoms with Crippen LogP contribution in [0, 0.1) is 0 Å². The summed E-state index contributed by atoms with van der Waals surface area (Å²) in [6.45, 7) is 1.08. The highest BCUT2D eigenvalue weighted by molar-refractivity contribution is 7.80. The second-order valence-electron chi connectivity index (χ2n) is 7.99. The van der Waals surface area contributed by atoms with Crippen LogP contribution in [0.1, 0.15) is 17.2 Å². The summed E-state index contributed by atoms with van der Waals surface area (Å²) >= 11 is 5.87. The Bertz CT molecular complexity index is 1190. The highest BCUT2D eigenvalue weighted by Crippen LogP contribution is 2.39. The lowest BCUT2D eigenvalue weighted by Gasteiger charge is -2.39. The Kier molecular flexibility index (Phi) is 7.82. The molecule has 0 aromatic heterocycles. The molecule has 3 aromatic carbocycles. The van der Waals surface area contributed by atoms with Crippen LogP contribution in [-0.2, 0) is 6.42 Å².